The van der Waals surface area contributed by atoms with Crippen LogP contribution in [0.25, 0.3) is 0 Å². The van der Waals surface area contributed by atoms with Gasteiger partial charge < -0.3 is 9.30 Å². The highest BCUT2D eigenvalue weighted by molar-refractivity contribution is 6.34. The SMILES string of the molecule is Clc1ccc(Cl)c(OCc2cncn2C2CC2)c1. The maximum atomic E-state index is 6.04. The van der Waals surface area contributed by atoms with Crippen molar-refractivity contribution in [1.82, 2.24) is 9.55 Å². The highest BCUT2D eigenvalue weighted by Gasteiger charge is 2.25. The van der Waals surface area contributed by atoms with E-state index in [1.165, 1.54) is 12.8 Å². The number of ether oxygens (including phenoxy) is 1. The number of aromatic nitrogens is 2. The van der Waals surface area contributed by atoms with Gasteiger partial charge in [0.05, 0.1) is 23.2 Å². The fourth-order valence-electron chi connectivity index (χ4n) is 1.86. The van der Waals surface area contributed by atoms with Gasteiger partial charge in [-0.05, 0) is 25.0 Å². The van der Waals surface area contributed by atoms with Gasteiger partial charge in [-0.2, -0.15) is 0 Å². The number of rotatable bonds is 4. The van der Waals surface area contributed by atoms with Gasteiger partial charge in [0.15, 0.2) is 0 Å². The molecule has 0 amide bonds. The molecule has 2 aromatic rings. The van der Waals surface area contributed by atoms with E-state index in [1.807, 2.05) is 12.5 Å². The Morgan fingerprint density at radius 3 is 2.94 bits per heavy atom. The zero-order chi connectivity index (χ0) is 12.5. The quantitative estimate of drug-likeness (QED) is 0.844. The Balaban J connectivity index is 1.73. The molecule has 3 nitrogen and oxygen atoms in total. The molecule has 0 radical (unpaired) electrons. The topological polar surface area (TPSA) is 27.1 Å². The Kier molecular flexibility index (Phi) is 3.18. The van der Waals surface area contributed by atoms with E-state index in [-0.39, 0.29) is 0 Å². The highest BCUT2D eigenvalue weighted by Crippen LogP contribution is 2.36. The number of hydrogen-bond acceptors (Lipinski definition) is 2. The zero-order valence-electron chi connectivity index (χ0n) is 9.64. The van der Waals surface area contributed by atoms with Crippen LogP contribution in [0.15, 0.2) is 30.7 Å². The summed E-state index contributed by atoms with van der Waals surface area (Å²) in [5.41, 5.74) is 1.06. The van der Waals surface area contributed by atoms with Gasteiger partial charge in [-0.15, -0.1) is 0 Å². The van der Waals surface area contributed by atoms with E-state index in [0.717, 1.165) is 5.69 Å². The normalized spacial score (nSPS) is 14.8. The van der Waals surface area contributed by atoms with Gasteiger partial charge >= 0.3 is 0 Å². The molecule has 1 aromatic heterocycles. The summed E-state index contributed by atoms with van der Waals surface area (Å²) in [4.78, 5) is 4.16. The third kappa shape index (κ3) is 2.47. The van der Waals surface area contributed by atoms with Gasteiger partial charge in [0.2, 0.25) is 0 Å². The molecule has 1 aliphatic rings. The average molecular weight is 283 g/mol. The summed E-state index contributed by atoms with van der Waals surface area (Å²) in [7, 11) is 0. The minimum Gasteiger partial charge on any atom is -0.486 e. The molecule has 0 aliphatic heterocycles. The summed E-state index contributed by atoms with van der Waals surface area (Å²) in [5, 5.41) is 1.18. The van der Waals surface area contributed by atoms with Gasteiger partial charge in [-0.1, -0.05) is 23.2 Å². The van der Waals surface area contributed by atoms with Crippen LogP contribution in [0.3, 0.4) is 0 Å². The van der Waals surface area contributed by atoms with Crippen molar-refractivity contribution in [3.8, 4) is 5.75 Å². The molecule has 1 fully saturated rings. The van der Waals surface area contributed by atoms with Crippen LogP contribution in [-0.4, -0.2) is 9.55 Å². The molecule has 1 aromatic carbocycles. The molecule has 1 heterocycles. The standard InChI is InChI=1S/C13H12Cl2N2O/c14-9-1-4-12(15)13(5-9)18-7-11-6-16-8-17(11)10-2-3-10/h1,4-6,8,10H,2-3,7H2. The van der Waals surface area contributed by atoms with Crippen molar-refractivity contribution in [3.63, 3.8) is 0 Å². The summed E-state index contributed by atoms with van der Waals surface area (Å²) in [6.45, 7) is 0.455. The van der Waals surface area contributed by atoms with E-state index >= 15 is 0 Å². The smallest absolute Gasteiger partial charge is 0.139 e. The number of imidazole rings is 1. The predicted octanol–water partition coefficient (Wildman–Crippen LogP) is 4.10. The van der Waals surface area contributed by atoms with Crippen LogP contribution in [0.2, 0.25) is 10.0 Å². The van der Waals surface area contributed by atoms with Gasteiger partial charge in [-0.3, -0.25) is 0 Å². The largest absolute Gasteiger partial charge is 0.486 e. The second-order valence-electron chi connectivity index (χ2n) is 4.39. The number of nitrogens with zero attached hydrogens (tertiary/aromatic N) is 2. The first-order valence-corrected chi connectivity index (χ1v) is 6.58. The van der Waals surface area contributed by atoms with Crippen LogP contribution < -0.4 is 4.74 Å². The molecular formula is C13H12Cl2N2O. The fraction of sp³-hybridized carbons (Fsp3) is 0.308. The molecule has 3 rings (SSSR count). The number of benzene rings is 1. The first kappa shape index (κ1) is 11.9. The molecule has 1 aliphatic carbocycles. The first-order chi connectivity index (χ1) is 8.74. The Morgan fingerprint density at radius 1 is 1.33 bits per heavy atom. The van der Waals surface area contributed by atoms with Crippen molar-refractivity contribution in [3.05, 3.63) is 46.5 Å². The third-order valence-electron chi connectivity index (χ3n) is 2.96. The van der Waals surface area contributed by atoms with Crippen molar-refractivity contribution in [1.29, 1.82) is 0 Å². The molecule has 0 unspecified atom stereocenters. The van der Waals surface area contributed by atoms with Crippen molar-refractivity contribution < 1.29 is 4.74 Å². The molecule has 0 N–H and O–H groups in total. The summed E-state index contributed by atoms with van der Waals surface area (Å²) >= 11 is 12.0. The van der Waals surface area contributed by atoms with Gasteiger partial charge in [0.1, 0.15) is 12.4 Å². The van der Waals surface area contributed by atoms with E-state index in [4.69, 9.17) is 27.9 Å². The Hall–Kier alpha value is -1.19. The maximum Gasteiger partial charge on any atom is 0.139 e. The van der Waals surface area contributed by atoms with Crippen LogP contribution in [-0.2, 0) is 6.61 Å². The van der Waals surface area contributed by atoms with Crippen molar-refractivity contribution in [2.45, 2.75) is 25.5 Å². The van der Waals surface area contributed by atoms with Gasteiger partial charge in [0.25, 0.3) is 0 Å². The van der Waals surface area contributed by atoms with Gasteiger partial charge in [0, 0.05) is 17.1 Å². The van der Waals surface area contributed by atoms with E-state index in [2.05, 4.69) is 9.55 Å². The Labute approximate surface area is 115 Å². The molecule has 0 spiro atoms. The zero-order valence-corrected chi connectivity index (χ0v) is 11.2. The molecule has 0 saturated heterocycles. The van der Waals surface area contributed by atoms with Crippen LogP contribution in [0.1, 0.15) is 24.6 Å². The van der Waals surface area contributed by atoms with E-state index in [1.54, 1.807) is 18.2 Å². The van der Waals surface area contributed by atoms with Crippen molar-refractivity contribution in [2.75, 3.05) is 0 Å². The highest BCUT2D eigenvalue weighted by atomic mass is 35.5. The molecule has 5 heteroatoms. The third-order valence-corrected chi connectivity index (χ3v) is 3.50. The Bertz CT molecular complexity index is 564. The molecule has 94 valence electrons. The lowest BCUT2D eigenvalue weighted by atomic mass is 10.3. The average Bonchev–Trinajstić information content (AvgIpc) is 3.10. The lowest BCUT2D eigenvalue weighted by molar-refractivity contribution is 0.295. The van der Waals surface area contributed by atoms with E-state index in [9.17, 15) is 0 Å². The second kappa shape index (κ2) is 4.82. The van der Waals surface area contributed by atoms with E-state index in [0.29, 0.717) is 28.4 Å². The summed E-state index contributed by atoms with van der Waals surface area (Å²) < 4.78 is 7.87. The summed E-state index contributed by atoms with van der Waals surface area (Å²) in [6, 6.07) is 5.80. The monoisotopic (exact) mass is 282 g/mol. The van der Waals surface area contributed by atoms with Crippen molar-refractivity contribution in [2.24, 2.45) is 0 Å². The van der Waals surface area contributed by atoms with Crippen LogP contribution in [0.5, 0.6) is 5.75 Å². The molecule has 0 atom stereocenters. The Morgan fingerprint density at radius 2 is 2.17 bits per heavy atom. The molecular weight excluding hydrogens is 271 g/mol. The predicted molar refractivity (Wildman–Crippen MR) is 71.3 cm³/mol. The second-order valence-corrected chi connectivity index (χ2v) is 5.23. The lowest BCUT2D eigenvalue weighted by Crippen LogP contribution is -2.03. The van der Waals surface area contributed by atoms with Crippen molar-refractivity contribution >= 4 is 23.2 Å². The maximum absolute atomic E-state index is 6.04. The lowest BCUT2D eigenvalue weighted by Gasteiger charge is -2.10. The van der Waals surface area contributed by atoms with Crippen LogP contribution in [0.4, 0.5) is 0 Å². The van der Waals surface area contributed by atoms with Crippen LogP contribution >= 0.6 is 23.2 Å². The molecule has 18 heavy (non-hydrogen) atoms. The first-order valence-electron chi connectivity index (χ1n) is 5.82. The minimum absolute atomic E-state index is 0.455. The van der Waals surface area contributed by atoms with Gasteiger partial charge in [-0.25, -0.2) is 4.98 Å². The number of hydrogen-bond donors (Lipinski definition) is 0. The molecule has 0 bridgehead atoms. The number of halogens is 2. The summed E-state index contributed by atoms with van der Waals surface area (Å²) in [6.07, 6.45) is 6.13. The molecule has 1 saturated carbocycles. The fourth-order valence-corrected chi connectivity index (χ4v) is 2.20. The van der Waals surface area contributed by atoms with E-state index < -0.39 is 0 Å². The minimum atomic E-state index is 0.455. The van der Waals surface area contributed by atoms with Crippen LogP contribution in [0, 0.1) is 0 Å². The summed E-state index contributed by atoms with van der Waals surface area (Å²) in [5.74, 6) is 0.604.